The molecule has 0 aliphatic heterocycles. The third-order valence-electron chi connectivity index (χ3n) is 2.15. The lowest BCUT2D eigenvalue weighted by Gasteiger charge is -2.01. The predicted octanol–water partition coefficient (Wildman–Crippen LogP) is 3.92. The van der Waals surface area contributed by atoms with Gasteiger partial charge < -0.3 is 0 Å². The van der Waals surface area contributed by atoms with Gasteiger partial charge in [-0.05, 0) is 30.5 Å². The van der Waals surface area contributed by atoms with Crippen LogP contribution in [0.4, 0.5) is 0 Å². The summed E-state index contributed by atoms with van der Waals surface area (Å²) in [4.78, 5) is 11.5. The molecule has 0 N–H and O–H groups in total. The summed E-state index contributed by atoms with van der Waals surface area (Å²) < 4.78 is 1.03. The van der Waals surface area contributed by atoms with E-state index in [1.807, 2.05) is 30.3 Å². The van der Waals surface area contributed by atoms with E-state index >= 15 is 0 Å². The monoisotopic (exact) mass is 266 g/mol. The number of rotatable bonds is 6. The van der Waals surface area contributed by atoms with Crippen LogP contribution >= 0.6 is 15.9 Å². The van der Waals surface area contributed by atoms with Crippen molar-refractivity contribution in [1.82, 2.24) is 0 Å². The molecule has 15 heavy (non-hydrogen) atoms. The van der Waals surface area contributed by atoms with E-state index in [0.717, 1.165) is 22.9 Å². The summed E-state index contributed by atoms with van der Waals surface area (Å²) >= 11 is 3.39. The van der Waals surface area contributed by atoms with Crippen molar-refractivity contribution in [2.75, 3.05) is 0 Å². The second-order valence-electron chi connectivity index (χ2n) is 3.53. The SMILES string of the molecule is C=CCCCC(=O)Cc1cccc(Br)c1. The largest absolute Gasteiger partial charge is 0.299 e. The van der Waals surface area contributed by atoms with Crippen LogP contribution in [0, 0.1) is 0 Å². The molecule has 0 bridgehead atoms. The van der Waals surface area contributed by atoms with E-state index in [1.54, 1.807) is 0 Å². The van der Waals surface area contributed by atoms with Crippen molar-refractivity contribution in [2.45, 2.75) is 25.7 Å². The molecule has 0 aliphatic carbocycles. The number of hydrogen-bond acceptors (Lipinski definition) is 1. The van der Waals surface area contributed by atoms with Crippen LogP contribution < -0.4 is 0 Å². The van der Waals surface area contributed by atoms with Crippen LogP contribution in [0.15, 0.2) is 41.4 Å². The first-order valence-electron chi connectivity index (χ1n) is 5.09. The van der Waals surface area contributed by atoms with E-state index in [-0.39, 0.29) is 0 Å². The summed E-state index contributed by atoms with van der Waals surface area (Å²) in [5, 5.41) is 0. The normalized spacial score (nSPS) is 9.93. The predicted molar refractivity (Wildman–Crippen MR) is 66.9 cm³/mol. The average Bonchev–Trinajstić information content (AvgIpc) is 2.18. The third-order valence-corrected chi connectivity index (χ3v) is 2.65. The zero-order valence-electron chi connectivity index (χ0n) is 8.71. The molecular formula is C13H15BrO. The van der Waals surface area contributed by atoms with Crippen molar-refractivity contribution >= 4 is 21.7 Å². The van der Waals surface area contributed by atoms with Gasteiger partial charge >= 0.3 is 0 Å². The molecule has 2 heteroatoms. The highest BCUT2D eigenvalue weighted by atomic mass is 79.9. The number of carbonyl (C=O) groups excluding carboxylic acids is 1. The Kier molecular flexibility index (Phi) is 5.33. The molecule has 1 aromatic carbocycles. The van der Waals surface area contributed by atoms with Crippen molar-refractivity contribution in [3.8, 4) is 0 Å². The number of hydrogen-bond donors (Lipinski definition) is 0. The fourth-order valence-electron chi connectivity index (χ4n) is 1.41. The number of unbranched alkanes of at least 4 members (excludes halogenated alkanes) is 1. The summed E-state index contributed by atoms with van der Waals surface area (Å²) in [5.74, 6) is 0.301. The first kappa shape index (κ1) is 12.2. The van der Waals surface area contributed by atoms with Gasteiger partial charge in [-0.15, -0.1) is 6.58 Å². The molecule has 0 spiro atoms. The Balaban J connectivity index is 2.40. The molecule has 0 radical (unpaired) electrons. The minimum absolute atomic E-state index is 0.301. The second kappa shape index (κ2) is 6.57. The maximum Gasteiger partial charge on any atom is 0.137 e. The Hall–Kier alpha value is -0.890. The van der Waals surface area contributed by atoms with Crippen molar-refractivity contribution in [1.29, 1.82) is 0 Å². The van der Waals surface area contributed by atoms with Crippen LogP contribution in [0.1, 0.15) is 24.8 Å². The number of allylic oxidation sites excluding steroid dienone is 1. The van der Waals surface area contributed by atoms with Gasteiger partial charge in [0.2, 0.25) is 0 Å². The minimum Gasteiger partial charge on any atom is -0.299 e. The van der Waals surface area contributed by atoms with Gasteiger partial charge in [0.05, 0.1) is 0 Å². The highest BCUT2D eigenvalue weighted by Crippen LogP contribution is 2.13. The maximum absolute atomic E-state index is 11.5. The van der Waals surface area contributed by atoms with Crippen molar-refractivity contribution in [2.24, 2.45) is 0 Å². The van der Waals surface area contributed by atoms with Gasteiger partial charge in [-0.2, -0.15) is 0 Å². The summed E-state index contributed by atoms with van der Waals surface area (Å²) in [6.45, 7) is 3.64. The molecule has 0 atom stereocenters. The Labute approximate surface area is 99.3 Å². The summed E-state index contributed by atoms with van der Waals surface area (Å²) in [6, 6.07) is 7.89. The van der Waals surface area contributed by atoms with E-state index in [0.29, 0.717) is 18.6 Å². The molecule has 1 aromatic rings. The number of benzene rings is 1. The molecule has 0 saturated carbocycles. The minimum atomic E-state index is 0.301. The van der Waals surface area contributed by atoms with Gasteiger partial charge in [0.15, 0.2) is 0 Å². The Morgan fingerprint density at radius 2 is 2.27 bits per heavy atom. The van der Waals surface area contributed by atoms with Gasteiger partial charge in [-0.1, -0.05) is 34.1 Å². The number of ketones is 1. The number of halogens is 1. The van der Waals surface area contributed by atoms with E-state index in [1.165, 1.54) is 0 Å². The molecule has 1 rings (SSSR count). The van der Waals surface area contributed by atoms with Crippen LogP contribution in [0.2, 0.25) is 0 Å². The average molecular weight is 267 g/mol. The van der Waals surface area contributed by atoms with E-state index in [9.17, 15) is 4.79 Å². The summed E-state index contributed by atoms with van der Waals surface area (Å²) in [5.41, 5.74) is 1.08. The first-order chi connectivity index (χ1) is 7.22. The van der Waals surface area contributed by atoms with Gasteiger partial charge in [-0.3, -0.25) is 4.79 Å². The third kappa shape index (κ3) is 4.93. The van der Waals surface area contributed by atoms with Crippen LogP contribution in [0.5, 0.6) is 0 Å². The summed E-state index contributed by atoms with van der Waals surface area (Å²) in [7, 11) is 0. The summed E-state index contributed by atoms with van der Waals surface area (Å²) in [6.07, 6.45) is 4.88. The molecule has 0 fully saturated rings. The highest BCUT2D eigenvalue weighted by molar-refractivity contribution is 9.10. The molecular weight excluding hydrogens is 252 g/mol. The van der Waals surface area contributed by atoms with E-state index in [2.05, 4.69) is 22.5 Å². The van der Waals surface area contributed by atoms with E-state index in [4.69, 9.17) is 0 Å². The van der Waals surface area contributed by atoms with Crippen LogP contribution in [-0.4, -0.2) is 5.78 Å². The van der Waals surface area contributed by atoms with Gasteiger partial charge in [0.1, 0.15) is 5.78 Å². The first-order valence-corrected chi connectivity index (χ1v) is 5.88. The smallest absolute Gasteiger partial charge is 0.137 e. The maximum atomic E-state index is 11.5. The molecule has 80 valence electrons. The molecule has 0 amide bonds. The van der Waals surface area contributed by atoms with Crippen molar-refractivity contribution < 1.29 is 4.79 Å². The zero-order valence-corrected chi connectivity index (χ0v) is 10.3. The Bertz CT molecular complexity index is 344. The molecule has 0 heterocycles. The van der Waals surface area contributed by atoms with E-state index < -0.39 is 0 Å². The molecule has 0 unspecified atom stereocenters. The standard InChI is InChI=1S/C13H15BrO/c1-2-3-4-8-13(15)10-11-6-5-7-12(14)9-11/h2,5-7,9H,1,3-4,8,10H2. The quantitative estimate of drug-likeness (QED) is 0.564. The van der Waals surface area contributed by atoms with Gasteiger partial charge in [-0.25, -0.2) is 0 Å². The van der Waals surface area contributed by atoms with Crippen molar-refractivity contribution in [3.05, 3.63) is 47.0 Å². The molecule has 0 saturated heterocycles. The lowest BCUT2D eigenvalue weighted by atomic mass is 10.1. The molecule has 0 aliphatic rings. The lowest BCUT2D eigenvalue weighted by molar-refractivity contribution is -0.118. The fourth-order valence-corrected chi connectivity index (χ4v) is 1.85. The number of carbonyl (C=O) groups is 1. The second-order valence-corrected chi connectivity index (χ2v) is 4.44. The molecule has 0 aromatic heterocycles. The van der Waals surface area contributed by atoms with Crippen molar-refractivity contribution in [3.63, 3.8) is 0 Å². The van der Waals surface area contributed by atoms with Gasteiger partial charge in [0, 0.05) is 17.3 Å². The fraction of sp³-hybridized carbons (Fsp3) is 0.308. The highest BCUT2D eigenvalue weighted by Gasteiger charge is 2.03. The van der Waals surface area contributed by atoms with Crippen LogP contribution in [0.3, 0.4) is 0 Å². The topological polar surface area (TPSA) is 17.1 Å². The van der Waals surface area contributed by atoms with Gasteiger partial charge in [0.25, 0.3) is 0 Å². The Morgan fingerprint density at radius 1 is 1.47 bits per heavy atom. The Morgan fingerprint density at radius 3 is 2.93 bits per heavy atom. The lowest BCUT2D eigenvalue weighted by Crippen LogP contribution is -2.02. The van der Waals surface area contributed by atoms with Crippen LogP contribution in [0.25, 0.3) is 0 Å². The van der Waals surface area contributed by atoms with Crippen LogP contribution in [-0.2, 0) is 11.2 Å². The zero-order chi connectivity index (χ0) is 11.1. The molecule has 1 nitrogen and oxygen atoms in total. The number of Topliss-reactive ketones (excluding diaryl/α,β-unsaturated/α-hetero) is 1.